The molecule has 0 saturated carbocycles. The van der Waals surface area contributed by atoms with Crippen molar-refractivity contribution in [1.29, 1.82) is 0 Å². The Labute approximate surface area is 283 Å². The topological polar surface area (TPSA) is 6.48 Å². The average molecular weight is 617 g/mol. The zero-order chi connectivity index (χ0) is 32.7. The van der Waals surface area contributed by atoms with Crippen molar-refractivity contribution in [3.8, 4) is 22.3 Å². The van der Waals surface area contributed by atoms with Crippen LogP contribution in [0, 0.1) is 0 Å². The number of hydrogen-bond acceptors (Lipinski definition) is 2. The Morgan fingerprint density at radius 2 is 0.646 bits per heavy atom. The van der Waals surface area contributed by atoms with E-state index < -0.39 is 0 Å². The average Bonchev–Trinajstić information content (AvgIpc) is 3.17. The summed E-state index contributed by atoms with van der Waals surface area (Å²) in [5, 5.41) is 0. The molecule has 0 radical (unpaired) electrons. The van der Waals surface area contributed by atoms with Crippen LogP contribution in [0.1, 0.15) is 11.1 Å². The van der Waals surface area contributed by atoms with Crippen LogP contribution in [-0.4, -0.2) is 0 Å². The van der Waals surface area contributed by atoms with Gasteiger partial charge in [-0.1, -0.05) is 135 Å². The van der Waals surface area contributed by atoms with E-state index in [1.54, 1.807) is 0 Å². The quantitative estimate of drug-likeness (QED) is 0.151. The van der Waals surface area contributed by atoms with Gasteiger partial charge in [0, 0.05) is 34.1 Å². The zero-order valence-corrected chi connectivity index (χ0v) is 26.8. The van der Waals surface area contributed by atoms with Crippen LogP contribution >= 0.6 is 0 Å². The van der Waals surface area contributed by atoms with Crippen molar-refractivity contribution >= 4 is 46.3 Å². The lowest BCUT2D eigenvalue weighted by Gasteiger charge is -2.26. The van der Waals surface area contributed by atoms with Crippen LogP contribution in [0.15, 0.2) is 195 Å². The van der Waals surface area contributed by atoms with Gasteiger partial charge in [-0.25, -0.2) is 0 Å². The minimum absolute atomic E-state index is 1.09. The van der Waals surface area contributed by atoms with Crippen LogP contribution < -0.4 is 9.80 Å². The van der Waals surface area contributed by atoms with E-state index in [1.807, 2.05) is 24.3 Å². The third kappa shape index (κ3) is 6.33. The molecular weight excluding hydrogens is 581 g/mol. The maximum absolute atomic E-state index is 3.98. The van der Waals surface area contributed by atoms with E-state index >= 15 is 0 Å². The fourth-order valence-corrected chi connectivity index (χ4v) is 6.20. The van der Waals surface area contributed by atoms with Crippen molar-refractivity contribution in [2.24, 2.45) is 0 Å². The Morgan fingerprint density at radius 1 is 0.312 bits per heavy atom. The first-order valence-electron chi connectivity index (χ1n) is 16.2. The molecule has 0 fully saturated rings. The smallest absolute Gasteiger partial charge is 0.0467 e. The highest BCUT2D eigenvalue weighted by molar-refractivity contribution is 5.87. The standard InChI is InChI=1S/C46H36N2/c1-3-35-15-13-21-43(33-35)47(39-17-7-5-8-18-39)41-29-25-37(26-30-41)45-23-11-12-24-46(45)38-27-31-42(32-28-38)48(40-19-9-6-10-20-40)44-22-14-16-36(4-2)34-44/h3-34H,1-2H2. The van der Waals surface area contributed by atoms with Gasteiger partial charge in [0.1, 0.15) is 0 Å². The molecule has 0 amide bonds. The maximum atomic E-state index is 3.98. The summed E-state index contributed by atoms with van der Waals surface area (Å²) in [6.45, 7) is 7.96. The molecule has 0 spiro atoms. The first kappa shape index (κ1) is 30.3. The summed E-state index contributed by atoms with van der Waals surface area (Å²) in [4.78, 5) is 4.56. The van der Waals surface area contributed by atoms with E-state index in [-0.39, 0.29) is 0 Å². The lowest BCUT2D eigenvalue weighted by molar-refractivity contribution is 1.28. The highest BCUT2D eigenvalue weighted by atomic mass is 15.1. The Kier molecular flexibility index (Phi) is 8.80. The predicted molar refractivity (Wildman–Crippen MR) is 207 cm³/mol. The number of rotatable bonds is 10. The highest BCUT2D eigenvalue weighted by Crippen LogP contribution is 2.40. The van der Waals surface area contributed by atoms with Crippen LogP contribution in [0.5, 0.6) is 0 Å². The lowest BCUT2D eigenvalue weighted by Crippen LogP contribution is -2.10. The Bertz CT molecular complexity index is 1990. The van der Waals surface area contributed by atoms with E-state index in [9.17, 15) is 0 Å². The molecule has 230 valence electrons. The molecule has 0 saturated heterocycles. The number of benzene rings is 7. The van der Waals surface area contributed by atoms with Crippen molar-refractivity contribution in [1.82, 2.24) is 0 Å². The maximum Gasteiger partial charge on any atom is 0.0467 e. The van der Waals surface area contributed by atoms with Crippen molar-refractivity contribution in [2.75, 3.05) is 9.80 Å². The highest BCUT2D eigenvalue weighted by Gasteiger charge is 2.16. The van der Waals surface area contributed by atoms with Crippen molar-refractivity contribution in [3.05, 3.63) is 206 Å². The second kappa shape index (κ2) is 13.9. The van der Waals surface area contributed by atoms with E-state index in [0.717, 1.165) is 45.3 Å². The van der Waals surface area contributed by atoms with Crippen LogP contribution in [0.3, 0.4) is 0 Å². The largest absolute Gasteiger partial charge is 0.310 e. The van der Waals surface area contributed by atoms with Gasteiger partial charge in [0.05, 0.1) is 0 Å². The molecule has 7 aromatic rings. The fourth-order valence-electron chi connectivity index (χ4n) is 6.20. The molecule has 2 heteroatoms. The fraction of sp³-hybridized carbons (Fsp3) is 0. The summed E-state index contributed by atoms with van der Waals surface area (Å²) < 4.78 is 0. The van der Waals surface area contributed by atoms with Gasteiger partial charge in [0.25, 0.3) is 0 Å². The summed E-state index contributed by atoms with van der Waals surface area (Å²) in [7, 11) is 0. The van der Waals surface area contributed by atoms with E-state index in [0.29, 0.717) is 0 Å². The first-order chi connectivity index (χ1) is 23.7. The Hall–Kier alpha value is -6.38. The van der Waals surface area contributed by atoms with Crippen LogP contribution in [0.4, 0.5) is 34.1 Å². The molecular formula is C46H36N2. The summed E-state index contributed by atoms with van der Waals surface area (Å²) in [5.74, 6) is 0. The monoisotopic (exact) mass is 616 g/mol. The van der Waals surface area contributed by atoms with Crippen molar-refractivity contribution in [3.63, 3.8) is 0 Å². The second-order valence-corrected chi connectivity index (χ2v) is 11.6. The summed E-state index contributed by atoms with van der Waals surface area (Å²) >= 11 is 0. The Balaban J connectivity index is 1.23. The zero-order valence-electron chi connectivity index (χ0n) is 26.8. The van der Waals surface area contributed by atoms with Gasteiger partial charge in [-0.15, -0.1) is 0 Å². The molecule has 0 N–H and O–H groups in total. The van der Waals surface area contributed by atoms with E-state index in [4.69, 9.17) is 0 Å². The molecule has 0 aliphatic heterocycles. The minimum Gasteiger partial charge on any atom is -0.310 e. The number of nitrogens with zero attached hydrogens (tertiary/aromatic N) is 2. The van der Waals surface area contributed by atoms with Gasteiger partial charge in [-0.05, 0) is 106 Å². The molecule has 0 aromatic heterocycles. The molecule has 48 heavy (non-hydrogen) atoms. The van der Waals surface area contributed by atoms with Gasteiger partial charge >= 0.3 is 0 Å². The molecule has 2 nitrogen and oxygen atoms in total. The number of hydrogen-bond donors (Lipinski definition) is 0. The minimum atomic E-state index is 1.09. The third-order valence-corrected chi connectivity index (χ3v) is 8.56. The number of para-hydroxylation sites is 2. The molecule has 0 bridgehead atoms. The third-order valence-electron chi connectivity index (χ3n) is 8.56. The summed E-state index contributed by atoms with van der Waals surface area (Å²) in [5.41, 5.74) is 13.5. The SMILES string of the molecule is C=Cc1cccc(N(c2ccccc2)c2ccc(-c3ccccc3-c3ccc(N(c4ccccc4)c4cccc(C=C)c4)cc3)cc2)c1. The first-order valence-corrected chi connectivity index (χ1v) is 16.2. The van der Waals surface area contributed by atoms with Crippen molar-refractivity contribution < 1.29 is 0 Å². The van der Waals surface area contributed by atoms with Gasteiger partial charge < -0.3 is 9.80 Å². The lowest BCUT2D eigenvalue weighted by atomic mass is 9.94. The molecule has 0 atom stereocenters. The summed E-state index contributed by atoms with van der Waals surface area (Å²) in [6, 6.07) is 64.2. The molecule has 0 aliphatic carbocycles. The normalized spacial score (nSPS) is 10.7. The van der Waals surface area contributed by atoms with Crippen LogP contribution in [0.2, 0.25) is 0 Å². The molecule has 0 heterocycles. The van der Waals surface area contributed by atoms with Gasteiger partial charge in [-0.2, -0.15) is 0 Å². The van der Waals surface area contributed by atoms with Crippen LogP contribution in [-0.2, 0) is 0 Å². The summed E-state index contributed by atoms with van der Waals surface area (Å²) in [6.07, 6.45) is 3.78. The van der Waals surface area contributed by atoms with Crippen molar-refractivity contribution in [2.45, 2.75) is 0 Å². The predicted octanol–water partition coefficient (Wildman–Crippen LogP) is 13.2. The van der Waals surface area contributed by atoms with Crippen LogP contribution in [0.25, 0.3) is 34.4 Å². The molecule has 7 rings (SSSR count). The number of anilines is 6. The van der Waals surface area contributed by atoms with Gasteiger partial charge in [0.15, 0.2) is 0 Å². The van der Waals surface area contributed by atoms with E-state index in [2.05, 4.69) is 193 Å². The second-order valence-electron chi connectivity index (χ2n) is 11.6. The van der Waals surface area contributed by atoms with Gasteiger partial charge in [-0.3, -0.25) is 0 Å². The van der Waals surface area contributed by atoms with Gasteiger partial charge in [0.2, 0.25) is 0 Å². The Morgan fingerprint density at radius 3 is 1.02 bits per heavy atom. The molecule has 0 aliphatic rings. The van der Waals surface area contributed by atoms with E-state index in [1.165, 1.54) is 22.3 Å². The molecule has 7 aromatic carbocycles. The molecule has 0 unspecified atom stereocenters.